The van der Waals surface area contributed by atoms with E-state index in [0.29, 0.717) is 0 Å². The molecular formula is C6H5AuO7. The molecule has 0 saturated heterocycles. The molecule has 8 heteroatoms. The third-order valence-electron chi connectivity index (χ3n) is 1.25. The number of hydrogen-bond donors (Lipinski definition) is 1. The van der Waals surface area contributed by atoms with Crippen molar-refractivity contribution in [1.29, 1.82) is 0 Å². The maximum atomic E-state index is 10.1. The molecule has 0 aromatic carbocycles. The smallest absolute Gasteiger partial charge is 0.550 e. The molecule has 0 aliphatic heterocycles. The van der Waals surface area contributed by atoms with Crippen LogP contribution in [0.4, 0.5) is 0 Å². The molecule has 0 bridgehead atoms. The van der Waals surface area contributed by atoms with Crippen LogP contribution in [0.25, 0.3) is 0 Å². The Labute approximate surface area is 93.9 Å². The van der Waals surface area contributed by atoms with Crippen molar-refractivity contribution in [1.82, 2.24) is 0 Å². The Bertz CT molecular complexity index is 233. The summed E-state index contributed by atoms with van der Waals surface area (Å²) in [5.74, 6) is -5.98. The van der Waals surface area contributed by atoms with Gasteiger partial charge in [0.1, 0.15) is 5.60 Å². The molecule has 7 nitrogen and oxygen atoms in total. The van der Waals surface area contributed by atoms with Crippen LogP contribution < -0.4 is 15.3 Å². The molecule has 0 saturated carbocycles. The van der Waals surface area contributed by atoms with Crippen LogP contribution in [0, 0.1) is 0 Å². The van der Waals surface area contributed by atoms with Gasteiger partial charge < -0.3 is 34.8 Å². The second kappa shape index (κ2) is 5.76. The molecule has 0 aliphatic carbocycles. The minimum absolute atomic E-state index is 0. The fraction of sp³-hybridized carbons (Fsp3) is 0.500. The van der Waals surface area contributed by atoms with E-state index in [-0.39, 0.29) is 22.4 Å². The summed E-state index contributed by atoms with van der Waals surface area (Å²) in [6.45, 7) is 0. The molecule has 0 radical (unpaired) electrons. The zero-order chi connectivity index (χ0) is 10.6. The van der Waals surface area contributed by atoms with Crippen LogP contribution in [0.15, 0.2) is 0 Å². The van der Waals surface area contributed by atoms with E-state index in [0.717, 1.165) is 0 Å². The Hall–Kier alpha value is -0.890. The van der Waals surface area contributed by atoms with E-state index in [1.807, 2.05) is 0 Å². The number of aliphatic carboxylic acids is 3. The van der Waals surface area contributed by atoms with Gasteiger partial charge in [0.25, 0.3) is 0 Å². The minimum atomic E-state index is -2.97. The standard InChI is InChI=1S/C6H8O7.Au/c7-3(8)1-6(13,5(11)12)2-4(9)10;/h13H,1-2H2,(H,7,8)(H,9,10)(H,11,12);/q;+3/p-3. The average molecular weight is 386 g/mol. The summed E-state index contributed by atoms with van der Waals surface area (Å²) in [6.07, 6.45) is -2.72. The van der Waals surface area contributed by atoms with Gasteiger partial charge >= 0.3 is 22.4 Å². The summed E-state index contributed by atoms with van der Waals surface area (Å²) in [4.78, 5) is 30.0. The SMILES string of the molecule is O=C([O-])CC(O)(CC(=O)[O-])C(=O)[O-].[Au+3]. The molecule has 0 atom stereocenters. The van der Waals surface area contributed by atoms with Gasteiger partial charge in [-0.25, -0.2) is 0 Å². The Balaban J connectivity index is 0. The van der Waals surface area contributed by atoms with Crippen LogP contribution in [0.2, 0.25) is 0 Å². The second-order valence-corrected chi connectivity index (χ2v) is 2.42. The maximum Gasteiger partial charge on any atom is 3.00 e. The summed E-state index contributed by atoms with van der Waals surface area (Å²) in [6, 6.07) is 0. The van der Waals surface area contributed by atoms with Gasteiger partial charge in [-0.2, -0.15) is 0 Å². The molecule has 0 amide bonds. The quantitative estimate of drug-likeness (QED) is 0.466. The van der Waals surface area contributed by atoms with Gasteiger partial charge in [-0.1, -0.05) is 0 Å². The van der Waals surface area contributed by atoms with Crippen molar-refractivity contribution >= 4 is 17.9 Å². The first kappa shape index (κ1) is 15.6. The molecular weight excluding hydrogens is 381 g/mol. The van der Waals surface area contributed by atoms with Crippen molar-refractivity contribution in [3.8, 4) is 0 Å². The van der Waals surface area contributed by atoms with Crippen molar-refractivity contribution in [2.45, 2.75) is 18.4 Å². The molecule has 0 aromatic rings. The van der Waals surface area contributed by atoms with Gasteiger partial charge in [0.05, 0.1) is 5.97 Å². The first-order valence-corrected chi connectivity index (χ1v) is 3.11. The van der Waals surface area contributed by atoms with Crippen LogP contribution in [-0.2, 0) is 36.8 Å². The molecule has 0 heterocycles. The van der Waals surface area contributed by atoms with Crippen molar-refractivity contribution in [3.63, 3.8) is 0 Å². The Morgan fingerprint density at radius 1 is 1.00 bits per heavy atom. The first-order chi connectivity index (χ1) is 5.78. The summed E-state index contributed by atoms with van der Waals surface area (Å²) in [5.41, 5.74) is -2.97. The van der Waals surface area contributed by atoms with Crippen LogP contribution in [-0.4, -0.2) is 28.6 Å². The number of rotatable bonds is 5. The zero-order valence-electron chi connectivity index (χ0n) is 6.61. The van der Waals surface area contributed by atoms with Crippen molar-refractivity contribution < 1.29 is 57.2 Å². The van der Waals surface area contributed by atoms with E-state index in [1.165, 1.54) is 0 Å². The van der Waals surface area contributed by atoms with E-state index in [9.17, 15) is 29.7 Å². The number of carboxylic acids is 3. The molecule has 82 valence electrons. The molecule has 0 fully saturated rings. The van der Waals surface area contributed by atoms with E-state index >= 15 is 0 Å². The van der Waals surface area contributed by atoms with Gasteiger partial charge in [0.2, 0.25) is 0 Å². The first-order valence-electron chi connectivity index (χ1n) is 3.11. The van der Waals surface area contributed by atoms with Crippen LogP contribution in [0.1, 0.15) is 12.8 Å². The van der Waals surface area contributed by atoms with E-state index in [2.05, 4.69) is 0 Å². The molecule has 14 heavy (non-hydrogen) atoms. The van der Waals surface area contributed by atoms with Gasteiger partial charge in [-0.3, -0.25) is 0 Å². The van der Waals surface area contributed by atoms with E-state index < -0.39 is 36.4 Å². The van der Waals surface area contributed by atoms with E-state index in [4.69, 9.17) is 5.11 Å². The number of aliphatic hydroxyl groups is 1. The number of carbonyl (C=O) groups excluding carboxylic acids is 3. The van der Waals surface area contributed by atoms with Gasteiger partial charge in [-0.15, -0.1) is 0 Å². The summed E-state index contributed by atoms with van der Waals surface area (Å²) in [5, 5.41) is 38.9. The summed E-state index contributed by atoms with van der Waals surface area (Å²) >= 11 is 0. The normalized spacial score (nSPS) is 10.1. The van der Waals surface area contributed by atoms with Crippen LogP contribution >= 0.6 is 0 Å². The molecule has 1 N–H and O–H groups in total. The number of hydrogen-bond acceptors (Lipinski definition) is 7. The third kappa shape index (κ3) is 4.97. The van der Waals surface area contributed by atoms with Gasteiger partial charge in [-0.05, 0) is 0 Å². The number of carboxylic acid groups (broad SMARTS) is 3. The number of carbonyl (C=O) groups is 3. The largest absolute Gasteiger partial charge is 3.00 e. The summed E-state index contributed by atoms with van der Waals surface area (Å²) < 4.78 is 0. The monoisotopic (exact) mass is 386 g/mol. The van der Waals surface area contributed by atoms with Gasteiger partial charge in [0, 0.05) is 24.8 Å². The maximum absolute atomic E-state index is 10.1. The van der Waals surface area contributed by atoms with Crippen molar-refractivity contribution in [3.05, 3.63) is 0 Å². The minimum Gasteiger partial charge on any atom is -0.550 e. The zero-order valence-corrected chi connectivity index (χ0v) is 8.78. The topological polar surface area (TPSA) is 141 Å². The predicted molar refractivity (Wildman–Crippen MR) is 29.2 cm³/mol. The third-order valence-corrected chi connectivity index (χ3v) is 1.25. The van der Waals surface area contributed by atoms with Crippen molar-refractivity contribution in [2.75, 3.05) is 0 Å². The molecule has 0 spiro atoms. The molecule has 0 aromatic heterocycles. The Morgan fingerprint density at radius 2 is 1.29 bits per heavy atom. The predicted octanol–water partition coefficient (Wildman–Crippen LogP) is -5.26. The second-order valence-electron chi connectivity index (χ2n) is 2.42. The Kier molecular flexibility index (Phi) is 6.41. The van der Waals surface area contributed by atoms with E-state index in [1.54, 1.807) is 0 Å². The molecule has 0 rings (SSSR count). The van der Waals surface area contributed by atoms with Crippen LogP contribution in [0.3, 0.4) is 0 Å². The average Bonchev–Trinajstić information content (AvgIpc) is 1.82. The molecule has 0 unspecified atom stereocenters. The van der Waals surface area contributed by atoms with Crippen molar-refractivity contribution in [2.24, 2.45) is 0 Å². The summed E-state index contributed by atoms with van der Waals surface area (Å²) in [7, 11) is 0. The fourth-order valence-electron chi connectivity index (χ4n) is 0.684. The fourth-order valence-corrected chi connectivity index (χ4v) is 0.684. The van der Waals surface area contributed by atoms with Crippen LogP contribution in [0.5, 0.6) is 0 Å². The molecule has 0 aliphatic rings. The Morgan fingerprint density at radius 3 is 1.43 bits per heavy atom. The van der Waals surface area contributed by atoms with Gasteiger partial charge in [0.15, 0.2) is 0 Å².